The Hall–Kier alpha value is -1.97. The number of rotatable bonds is 10. The topological polar surface area (TPSA) is 35.5 Å². The maximum atomic E-state index is 13.6. The molecule has 0 radical (unpaired) electrons. The van der Waals surface area contributed by atoms with Crippen molar-refractivity contribution in [1.29, 1.82) is 0 Å². The van der Waals surface area contributed by atoms with Crippen LogP contribution in [0.15, 0.2) is 48.5 Å². The zero-order chi connectivity index (χ0) is 22.5. The minimum Gasteiger partial charge on any atom is -0.374 e. The molecule has 0 spiro atoms. The minimum absolute atomic E-state index is 0.201. The molecule has 2 aromatic carbocycles. The highest BCUT2D eigenvalue weighted by Crippen LogP contribution is 2.36. The fourth-order valence-corrected chi connectivity index (χ4v) is 3.60. The molecule has 0 bridgehead atoms. The molecule has 0 heterocycles. The van der Waals surface area contributed by atoms with Crippen LogP contribution in [0.5, 0.6) is 0 Å². The van der Waals surface area contributed by atoms with Crippen LogP contribution in [0.2, 0.25) is 0 Å². The highest BCUT2D eigenvalue weighted by atomic mass is 16.5. The maximum Gasteiger partial charge on any atom is 0.152 e. The molecule has 2 rings (SSSR count). The Morgan fingerprint density at radius 1 is 0.667 bits per heavy atom. The Bertz CT molecular complexity index is 743. The van der Waals surface area contributed by atoms with Gasteiger partial charge in [-0.25, -0.2) is 0 Å². The first-order valence-corrected chi connectivity index (χ1v) is 10.9. The van der Waals surface area contributed by atoms with E-state index in [-0.39, 0.29) is 18.0 Å². The average Bonchev–Trinajstić information content (AvgIpc) is 2.70. The summed E-state index contributed by atoms with van der Waals surface area (Å²) in [5.41, 5.74) is 3.09. The van der Waals surface area contributed by atoms with Crippen molar-refractivity contribution in [2.24, 2.45) is 0 Å². The summed E-state index contributed by atoms with van der Waals surface area (Å²) < 4.78 is 11.4. The number of Topliss-reactive ketones (excluding diaryl/α,β-unsaturated/α-hetero) is 1. The number of benzene rings is 2. The van der Waals surface area contributed by atoms with Gasteiger partial charge in [-0.1, -0.05) is 48.5 Å². The third kappa shape index (κ3) is 6.02. The van der Waals surface area contributed by atoms with E-state index in [2.05, 4.69) is 48.5 Å². The predicted octanol–water partition coefficient (Wildman–Crippen LogP) is 6.36. The second-order valence-electron chi connectivity index (χ2n) is 9.69. The summed E-state index contributed by atoms with van der Waals surface area (Å²) in [5.74, 6) is 0.201. The van der Waals surface area contributed by atoms with Gasteiger partial charge in [-0.2, -0.15) is 0 Å². The Balaban J connectivity index is 2.17. The molecule has 3 heteroatoms. The van der Waals surface area contributed by atoms with E-state index in [1.165, 1.54) is 0 Å². The fraction of sp³-hybridized carbons (Fsp3) is 0.519. The van der Waals surface area contributed by atoms with Crippen molar-refractivity contribution in [2.75, 3.05) is 0 Å². The molecule has 0 aliphatic carbocycles. The zero-order valence-electron chi connectivity index (χ0n) is 19.9. The maximum absolute atomic E-state index is 13.6. The molecule has 164 valence electrons. The van der Waals surface area contributed by atoms with Gasteiger partial charge in [0.2, 0.25) is 0 Å². The summed E-state index contributed by atoms with van der Waals surface area (Å²) in [6.45, 7) is 17.4. The van der Waals surface area contributed by atoms with Gasteiger partial charge in [-0.15, -0.1) is 0 Å². The van der Waals surface area contributed by atoms with Crippen LogP contribution in [-0.4, -0.2) is 18.0 Å². The summed E-state index contributed by atoms with van der Waals surface area (Å²) in [5, 5.41) is 0. The van der Waals surface area contributed by atoms with Gasteiger partial charge in [0.05, 0.1) is 25.4 Å². The second-order valence-corrected chi connectivity index (χ2v) is 9.69. The van der Waals surface area contributed by atoms with Gasteiger partial charge in [0.15, 0.2) is 5.78 Å². The van der Waals surface area contributed by atoms with Crippen molar-refractivity contribution in [2.45, 2.75) is 91.6 Å². The lowest BCUT2D eigenvalue weighted by molar-refractivity contribution is -0.128. The van der Waals surface area contributed by atoms with Crippen molar-refractivity contribution in [1.82, 2.24) is 0 Å². The molecule has 0 atom stereocenters. The Morgan fingerprint density at radius 2 is 0.967 bits per heavy atom. The van der Waals surface area contributed by atoms with Crippen LogP contribution >= 0.6 is 0 Å². The third-order valence-electron chi connectivity index (χ3n) is 5.65. The number of carbonyl (C=O) groups is 1. The second kappa shape index (κ2) is 9.89. The summed E-state index contributed by atoms with van der Waals surface area (Å²) in [6, 6.07) is 16.5. The van der Waals surface area contributed by atoms with E-state index in [1.807, 2.05) is 55.4 Å². The Morgan fingerprint density at radius 3 is 1.23 bits per heavy atom. The highest BCUT2D eigenvalue weighted by Gasteiger charge is 2.41. The fourth-order valence-electron chi connectivity index (χ4n) is 3.60. The summed E-state index contributed by atoms with van der Waals surface area (Å²) in [4.78, 5) is 13.6. The van der Waals surface area contributed by atoms with Crippen molar-refractivity contribution >= 4 is 5.78 Å². The van der Waals surface area contributed by atoms with Gasteiger partial charge >= 0.3 is 0 Å². The number of carbonyl (C=O) groups excluding carboxylic acids is 1. The van der Waals surface area contributed by atoms with Crippen molar-refractivity contribution in [3.63, 3.8) is 0 Å². The zero-order valence-corrected chi connectivity index (χ0v) is 19.9. The minimum atomic E-state index is -0.597. The Kier molecular flexibility index (Phi) is 8.01. The molecule has 0 fully saturated rings. The van der Waals surface area contributed by atoms with E-state index in [1.54, 1.807) is 0 Å². The monoisotopic (exact) mass is 410 g/mol. The summed E-state index contributed by atoms with van der Waals surface area (Å²) in [6.07, 6.45) is 0.402. The molecule has 2 aromatic rings. The van der Waals surface area contributed by atoms with Crippen LogP contribution < -0.4 is 0 Å². The first-order valence-electron chi connectivity index (χ1n) is 10.9. The normalized spacial score (nSPS) is 12.6. The lowest BCUT2D eigenvalue weighted by atomic mass is 9.67. The molecule has 0 aliphatic heterocycles. The quantitative estimate of drug-likeness (QED) is 0.457. The number of hydrogen-bond acceptors (Lipinski definition) is 3. The molecule has 0 saturated heterocycles. The molecule has 0 amide bonds. The van der Waals surface area contributed by atoms with Gasteiger partial charge in [-0.3, -0.25) is 4.79 Å². The van der Waals surface area contributed by atoms with Gasteiger partial charge in [-0.05, 0) is 77.6 Å². The molecule has 0 unspecified atom stereocenters. The van der Waals surface area contributed by atoms with Gasteiger partial charge in [0.25, 0.3) is 0 Å². The smallest absolute Gasteiger partial charge is 0.152 e. The summed E-state index contributed by atoms with van der Waals surface area (Å²) >= 11 is 0. The molecule has 0 N–H and O–H groups in total. The van der Waals surface area contributed by atoms with Gasteiger partial charge in [0.1, 0.15) is 0 Å². The van der Waals surface area contributed by atoms with Crippen LogP contribution in [0.3, 0.4) is 0 Å². The SMILES string of the molecule is CC(C)OCc1ccc(C(C)(C)C(=O)C(C)(C)c2ccc(COC(C)C)cc2)cc1. The summed E-state index contributed by atoms with van der Waals surface area (Å²) in [7, 11) is 0. The lowest BCUT2D eigenvalue weighted by Crippen LogP contribution is -2.42. The van der Waals surface area contributed by atoms with Crippen molar-refractivity contribution < 1.29 is 14.3 Å². The van der Waals surface area contributed by atoms with Gasteiger partial charge < -0.3 is 9.47 Å². The molecule has 30 heavy (non-hydrogen) atoms. The van der Waals surface area contributed by atoms with E-state index in [0.717, 1.165) is 22.3 Å². The average molecular weight is 411 g/mol. The molecule has 0 aliphatic rings. The van der Waals surface area contributed by atoms with E-state index in [4.69, 9.17) is 9.47 Å². The van der Waals surface area contributed by atoms with E-state index < -0.39 is 10.8 Å². The standard InChI is InChI=1S/C27H38O3/c1-19(2)29-17-21-9-13-23(14-10-21)26(5,6)25(28)27(7,8)24-15-11-22(12-16-24)18-30-20(3)4/h9-16,19-20H,17-18H2,1-8H3. The first kappa shape index (κ1) is 24.3. The highest BCUT2D eigenvalue weighted by molar-refractivity contribution is 5.97. The number of ketones is 1. The Labute approximate surface area is 182 Å². The third-order valence-corrected chi connectivity index (χ3v) is 5.65. The predicted molar refractivity (Wildman–Crippen MR) is 124 cm³/mol. The molecular weight excluding hydrogens is 372 g/mol. The number of ether oxygens (including phenoxy) is 2. The molecule has 0 saturated carbocycles. The molecule has 3 nitrogen and oxygen atoms in total. The van der Waals surface area contributed by atoms with E-state index >= 15 is 0 Å². The largest absolute Gasteiger partial charge is 0.374 e. The van der Waals surface area contributed by atoms with Crippen LogP contribution in [0.1, 0.15) is 77.6 Å². The van der Waals surface area contributed by atoms with Crippen LogP contribution in [0.25, 0.3) is 0 Å². The first-order chi connectivity index (χ1) is 13.9. The lowest BCUT2D eigenvalue weighted by Gasteiger charge is -2.34. The number of hydrogen-bond donors (Lipinski definition) is 0. The van der Waals surface area contributed by atoms with Crippen LogP contribution in [0.4, 0.5) is 0 Å². The van der Waals surface area contributed by atoms with Crippen molar-refractivity contribution in [3.8, 4) is 0 Å². The van der Waals surface area contributed by atoms with Crippen LogP contribution in [-0.2, 0) is 38.3 Å². The van der Waals surface area contributed by atoms with Crippen molar-refractivity contribution in [3.05, 3.63) is 70.8 Å². The molecular formula is C27H38O3. The van der Waals surface area contributed by atoms with Gasteiger partial charge in [0, 0.05) is 10.8 Å². The molecule has 0 aromatic heterocycles. The van der Waals surface area contributed by atoms with E-state index in [9.17, 15) is 4.79 Å². The van der Waals surface area contributed by atoms with Crippen LogP contribution in [0, 0.1) is 0 Å². The van der Waals surface area contributed by atoms with E-state index in [0.29, 0.717) is 13.2 Å².